The van der Waals surface area contributed by atoms with Crippen LogP contribution in [-0.4, -0.2) is 5.78 Å². The Balaban J connectivity index is 2.47. The summed E-state index contributed by atoms with van der Waals surface area (Å²) in [5.41, 5.74) is 2.38. The molecule has 0 heterocycles. The second-order valence-electron chi connectivity index (χ2n) is 4.25. The summed E-state index contributed by atoms with van der Waals surface area (Å²) in [7, 11) is 0. The van der Waals surface area contributed by atoms with Crippen molar-refractivity contribution in [1.29, 1.82) is 0 Å². The molecule has 0 unspecified atom stereocenters. The zero-order valence-corrected chi connectivity index (χ0v) is 11.7. The second kappa shape index (κ2) is 5.02. The summed E-state index contributed by atoms with van der Waals surface area (Å²) >= 11 is 3.34. The average Bonchev–Trinajstić information content (AvgIpc) is 2.35. The lowest BCUT2D eigenvalue weighted by atomic mass is 9.98. The van der Waals surface area contributed by atoms with E-state index in [2.05, 4.69) is 15.9 Å². The van der Waals surface area contributed by atoms with Crippen LogP contribution in [0.25, 0.3) is 0 Å². The predicted octanol–water partition coefficient (Wildman–Crippen LogP) is 4.44. The van der Waals surface area contributed by atoms with Gasteiger partial charge < -0.3 is 0 Å². The molecule has 0 aromatic heterocycles. The Morgan fingerprint density at radius 3 is 2.39 bits per heavy atom. The molecular formula is C15H12BrFO. The summed E-state index contributed by atoms with van der Waals surface area (Å²) in [4.78, 5) is 12.3. The minimum Gasteiger partial charge on any atom is -0.289 e. The second-order valence-corrected chi connectivity index (χ2v) is 5.17. The smallest absolute Gasteiger partial charge is 0.193 e. The lowest BCUT2D eigenvalue weighted by Crippen LogP contribution is -2.04. The van der Waals surface area contributed by atoms with E-state index in [1.807, 2.05) is 19.1 Å². The minimum atomic E-state index is -0.353. The van der Waals surface area contributed by atoms with E-state index >= 15 is 0 Å². The molecule has 0 aliphatic rings. The Bertz CT molecular complexity index is 620. The maximum absolute atomic E-state index is 13.5. The molecule has 0 saturated heterocycles. The van der Waals surface area contributed by atoms with Crippen LogP contribution >= 0.6 is 15.9 Å². The van der Waals surface area contributed by atoms with E-state index in [9.17, 15) is 9.18 Å². The number of benzene rings is 2. The lowest BCUT2D eigenvalue weighted by Gasteiger charge is -2.06. The molecule has 2 aromatic carbocycles. The molecule has 0 N–H and O–H groups in total. The van der Waals surface area contributed by atoms with Gasteiger partial charge in [0, 0.05) is 15.6 Å². The number of halogens is 2. The Hall–Kier alpha value is -1.48. The molecule has 0 fully saturated rings. The van der Waals surface area contributed by atoms with Crippen molar-refractivity contribution in [1.82, 2.24) is 0 Å². The van der Waals surface area contributed by atoms with E-state index in [1.54, 1.807) is 25.1 Å². The molecule has 1 nitrogen and oxygen atoms in total. The zero-order valence-electron chi connectivity index (χ0n) is 10.1. The third-order valence-corrected chi connectivity index (χ3v) is 3.37. The lowest BCUT2D eigenvalue weighted by molar-refractivity contribution is 0.103. The number of aryl methyl sites for hydroxylation is 2. The van der Waals surface area contributed by atoms with Gasteiger partial charge in [-0.25, -0.2) is 4.39 Å². The molecule has 92 valence electrons. The summed E-state index contributed by atoms with van der Waals surface area (Å²) in [5, 5.41) is 0. The van der Waals surface area contributed by atoms with Crippen molar-refractivity contribution in [2.75, 3.05) is 0 Å². The molecule has 2 rings (SSSR count). The molecule has 0 atom stereocenters. The van der Waals surface area contributed by atoms with Crippen LogP contribution < -0.4 is 0 Å². The summed E-state index contributed by atoms with van der Waals surface area (Å²) in [5.74, 6) is -0.513. The van der Waals surface area contributed by atoms with E-state index in [-0.39, 0.29) is 11.6 Å². The fraction of sp³-hybridized carbons (Fsp3) is 0.133. The predicted molar refractivity (Wildman–Crippen MR) is 73.4 cm³/mol. The van der Waals surface area contributed by atoms with Gasteiger partial charge in [0.25, 0.3) is 0 Å². The molecule has 0 radical (unpaired) electrons. The molecule has 0 spiro atoms. The van der Waals surface area contributed by atoms with Crippen LogP contribution in [0.1, 0.15) is 27.0 Å². The van der Waals surface area contributed by atoms with Crippen LogP contribution in [0.15, 0.2) is 40.9 Å². The van der Waals surface area contributed by atoms with Crippen LogP contribution in [0.4, 0.5) is 4.39 Å². The standard InChI is InChI=1S/C15H12BrFO/c1-9-4-6-12(16)8-13(9)15(18)11-5-3-10(2)14(17)7-11/h3-8H,1-2H3. The number of carbonyl (C=O) groups is 1. The Labute approximate surface area is 114 Å². The van der Waals surface area contributed by atoms with E-state index < -0.39 is 0 Å². The van der Waals surface area contributed by atoms with Gasteiger partial charge in [0.2, 0.25) is 0 Å². The number of hydrogen-bond acceptors (Lipinski definition) is 1. The molecule has 0 bridgehead atoms. The monoisotopic (exact) mass is 306 g/mol. The number of ketones is 1. The summed E-state index contributed by atoms with van der Waals surface area (Å²) < 4.78 is 14.3. The number of carbonyl (C=O) groups excluding carboxylic acids is 1. The Kier molecular flexibility index (Phi) is 3.62. The number of rotatable bonds is 2. The van der Waals surface area contributed by atoms with Gasteiger partial charge >= 0.3 is 0 Å². The van der Waals surface area contributed by atoms with Gasteiger partial charge in [-0.15, -0.1) is 0 Å². The highest BCUT2D eigenvalue weighted by Gasteiger charge is 2.13. The first-order valence-electron chi connectivity index (χ1n) is 5.56. The quantitative estimate of drug-likeness (QED) is 0.750. The third-order valence-electron chi connectivity index (χ3n) is 2.88. The first-order chi connectivity index (χ1) is 8.49. The largest absolute Gasteiger partial charge is 0.289 e. The van der Waals surface area contributed by atoms with Crippen molar-refractivity contribution >= 4 is 21.7 Å². The van der Waals surface area contributed by atoms with Crippen molar-refractivity contribution < 1.29 is 9.18 Å². The summed E-state index contributed by atoms with van der Waals surface area (Å²) in [6.07, 6.45) is 0. The van der Waals surface area contributed by atoms with Gasteiger partial charge in [-0.2, -0.15) is 0 Å². The molecule has 18 heavy (non-hydrogen) atoms. The first kappa shape index (κ1) is 13.0. The van der Waals surface area contributed by atoms with Crippen molar-refractivity contribution in [2.24, 2.45) is 0 Å². The van der Waals surface area contributed by atoms with Crippen LogP contribution in [-0.2, 0) is 0 Å². The van der Waals surface area contributed by atoms with Crippen molar-refractivity contribution in [3.63, 3.8) is 0 Å². The van der Waals surface area contributed by atoms with E-state index in [0.29, 0.717) is 16.7 Å². The van der Waals surface area contributed by atoms with Gasteiger partial charge in [0.1, 0.15) is 5.82 Å². The van der Waals surface area contributed by atoms with Crippen molar-refractivity contribution in [2.45, 2.75) is 13.8 Å². The van der Waals surface area contributed by atoms with E-state index in [1.165, 1.54) is 6.07 Å². The average molecular weight is 307 g/mol. The van der Waals surface area contributed by atoms with E-state index in [4.69, 9.17) is 0 Å². The highest BCUT2D eigenvalue weighted by atomic mass is 79.9. The van der Waals surface area contributed by atoms with Crippen LogP contribution in [0, 0.1) is 19.7 Å². The van der Waals surface area contributed by atoms with Gasteiger partial charge in [0.15, 0.2) is 5.78 Å². The van der Waals surface area contributed by atoms with Crippen LogP contribution in [0.5, 0.6) is 0 Å². The normalized spacial score (nSPS) is 10.4. The summed E-state index contributed by atoms with van der Waals surface area (Å²) in [6.45, 7) is 3.54. The molecular weight excluding hydrogens is 295 g/mol. The fourth-order valence-electron chi connectivity index (χ4n) is 1.73. The molecule has 3 heteroatoms. The molecule has 2 aromatic rings. The maximum atomic E-state index is 13.5. The topological polar surface area (TPSA) is 17.1 Å². The van der Waals surface area contributed by atoms with E-state index in [0.717, 1.165) is 10.0 Å². The summed E-state index contributed by atoms with van der Waals surface area (Å²) in [6, 6.07) is 10.1. The number of hydrogen-bond donors (Lipinski definition) is 0. The Morgan fingerprint density at radius 1 is 1.06 bits per heavy atom. The van der Waals surface area contributed by atoms with Gasteiger partial charge in [-0.3, -0.25) is 4.79 Å². The fourth-order valence-corrected chi connectivity index (χ4v) is 2.09. The van der Waals surface area contributed by atoms with Crippen LogP contribution in [0.2, 0.25) is 0 Å². The SMILES string of the molecule is Cc1ccc(C(=O)c2cc(Br)ccc2C)cc1F. The third kappa shape index (κ3) is 2.51. The maximum Gasteiger partial charge on any atom is 0.193 e. The minimum absolute atomic E-state index is 0.160. The van der Waals surface area contributed by atoms with Crippen molar-refractivity contribution in [3.05, 3.63) is 68.9 Å². The highest BCUT2D eigenvalue weighted by Crippen LogP contribution is 2.20. The Morgan fingerprint density at radius 2 is 1.72 bits per heavy atom. The van der Waals surface area contributed by atoms with Crippen LogP contribution in [0.3, 0.4) is 0 Å². The van der Waals surface area contributed by atoms with Crippen molar-refractivity contribution in [3.8, 4) is 0 Å². The van der Waals surface area contributed by atoms with Gasteiger partial charge in [-0.1, -0.05) is 34.1 Å². The van der Waals surface area contributed by atoms with Gasteiger partial charge in [-0.05, 0) is 43.2 Å². The van der Waals surface area contributed by atoms with Gasteiger partial charge in [0.05, 0.1) is 0 Å². The molecule has 0 aliphatic carbocycles. The zero-order chi connectivity index (χ0) is 13.3. The molecule has 0 aliphatic heterocycles. The molecule has 0 saturated carbocycles. The first-order valence-corrected chi connectivity index (χ1v) is 6.35. The highest BCUT2D eigenvalue weighted by molar-refractivity contribution is 9.10. The molecule has 0 amide bonds.